The number of nitrogens with one attached hydrogen (secondary N) is 2. The molecule has 2 heterocycles. The number of oxazole rings is 1. The van der Waals surface area contributed by atoms with Gasteiger partial charge in [0, 0.05) is 13.0 Å². The molecule has 7 heteroatoms. The molecular formula is C14H18Cl2N4O. The van der Waals surface area contributed by atoms with Crippen molar-refractivity contribution in [3.8, 4) is 0 Å². The molecule has 5 nitrogen and oxygen atoms in total. The molecule has 21 heavy (non-hydrogen) atoms. The second-order valence-electron chi connectivity index (χ2n) is 4.50. The second kappa shape index (κ2) is 7.52. The van der Waals surface area contributed by atoms with Gasteiger partial charge < -0.3 is 15.1 Å². The average Bonchev–Trinajstić information content (AvgIpc) is 2.93. The molecular weight excluding hydrogens is 311 g/mol. The minimum absolute atomic E-state index is 0.418. The zero-order valence-corrected chi connectivity index (χ0v) is 13.6. The van der Waals surface area contributed by atoms with E-state index in [1.54, 1.807) is 12.3 Å². The van der Waals surface area contributed by atoms with Crippen molar-refractivity contribution >= 4 is 34.8 Å². The molecule has 0 spiro atoms. The van der Waals surface area contributed by atoms with Gasteiger partial charge in [0.2, 0.25) is 5.89 Å². The minimum Gasteiger partial charge on any atom is -0.444 e. The van der Waals surface area contributed by atoms with Gasteiger partial charge in [-0.05, 0) is 12.5 Å². The van der Waals surface area contributed by atoms with Crippen LogP contribution < -0.4 is 10.6 Å². The number of rotatable bonds is 7. The van der Waals surface area contributed by atoms with Crippen LogP contribution in [0.25, 0.3) is 0 Å². The number of pyridine rings is 1. The van der Waals surface area contributed by atoms with Gasteiger partial charge in [0.1, 0.15) is 17.4 Å². The Kier molecular flexibility index (Phi) is 5.70. The van der Waals surface area contributed by atoms with Crippen molar-refractivity contribution in [2.75, 3.05) is 17.2 Å². The van der Waals surface area contributed by atoms with Gasteiger partial charge in [0.15, 0.2) is 0 Å². The van der Waals surface area contributed by atoms with Crippen LogP contribution in [0, 0.1) is 0 Å². The highest BCUT2D eigenvalue weighted by Gasteiger charge is 2.10. The zero-order chi connectivity index (χ0) is 15.2. The number of halogens is 2. The van der Waals surface area contributed by atoms with Crippen LogP contribution in [0.5, 0.6) is 0 Å². The van der Waals surface area contributed by atoms with E-state index in [1.807, 2.05) is 6.92 Å². The van der Waals surface area contributed by atoms with E-state index in [0.717, 1.165) is 25.1 Å². The molecule has 0 aromatic carbocycles. The monoisotopic (exact) mass is 328 g/mol. The maximum absolute atomic E-state index is 6.15. The van der Waals surface area contributed by atoms with Gasteiger partial charge in [-0.15, -0.1) is 0 Å². The quantitative estimate of drug-likeness (QED) is 0.789. The van der Waals surface area contributed by atoms with Gasteiger partial charge in [0.05, 0.1) is 22.8 Å². The molecule has 0 atom stereocenters. The van der Waals surface area contributed by atoms with Gasteiger partial charge in [-0.1, -0.05) is 37.0 Å². The Balaban J connectivity index is 2.07. The van der Waals surface area contributed by atoms with Crippen LogP contribution in [0.15, 0.2) is 16.7 Å². The Hall–Kier alpha value is -1.46. The van der Waals surface area contributed by atoms with Crippen LogP contribution in [0.3, 0.4) is 0 Å². The van der Waals surface area contributed by atoms with E-state index >= 15 is 0 Å². The summed E-state index contributed by atoms with van der Waals surface area (Å²) in [4.78, 5) is 8.58. The van der Waals surface area contributed by atoms with E-state index in [0.29, 0.717) is 34.1 Å². The summed E-state index contributed by atoms with van der Waals surface area (Å²) in [7, 11) is 0. The summed E-state index contributed by atoms with van der Waals surface area (Å²) in [5.41, 5.74) is 0. The summed E-state index contributed by atoms with van der Waals surface area (Å²) in [6, 6.07) is 1.67. The number of anilines is 2. The van der Waals surface area contributed by atoms with Crippen molar-refractivity contribution in [1.29, 1.82) is 0 Å². The van der Waals surface area contributed by atoms with Gasteiger partial charge in [-0.3, -0.25) is 0 Å². The van der Waals surface area contributed by atoms with E-state index < -0.39 is 0 Å². The molecule has 2 aromatic heterocycles. The maximum Gasteiger partial charge on any atom is 0.213 e. The highest BCUT2D eigenvalue weighted by Crippen LogP contribution is 2.29. The molecule has 2 N–H and O–H groups in total. The Bertz CT molecular complexity index is 601. The van der Waals surface area contributed by atoms with Crippen LogP contribution in [0.2, 0.25) is 10.0 Å². The lowest BCUT2D eigenvalue weighted by Crippen LogP contribution is -2.07. The van der Waals surface area contributed by atoms with E-state index in [2.05, 4.69) is 27.5 Å². The SMILES string of the molecule is CCCNc1nc(NCc2ncc(CC)o2)c(Cl)cc1Cl. The molecule has 0 aliphatic carbocycles. The topological polar surface area (TPSA) is 63.0 Å². The van der Waals surface area contributed by atoms with Crippen LogP contribution >= 0.6 is 23.2 Å². The third kappa shape index (κ3) is 4.25. The van der Waals surface area contributed by atoms with Gasteiger partial charge in [0.25, 0.3) is 0 Å². The standard InChI is InChI=1S/C14H18Cl2N4O/c1-3-5-17-13-10(15)6-11(16)14(20-13)19-8-12-18-7-9(4-2)21-12/h6-7H,3-5,8H2,1-2H3,(H2,17,19,20). The first-order valence-electron chi connectivity index (χ1n) is 6.91. The summed E-state index contributed by atoms with van der Waals surface area (Å²) in [5.74, 6) is 2.62. The molecule has 0 bridgehead atoms. The number of aromatic nitrogens is 2. The van der Waals surface area contributed by atoms with Gasteiger partial charge >= 0.3 is 0 Å². The molecule has 0 saturated heterocycles. The molecule has 0 aliphatic heterocycles. The third-order valence-corrected chi connectivity index (χ3v) is 3.41. The lowest BCUT2D eigenvalue weighted by atomic mass is 10.4. The fraction of sp³-hybridized carbons (Fsp3) is 0.429. The highest BCUT2D eigenvalue weighted by molar-refractivity contribution is 6.37. The summed E-state index contributed by atoms with van der Waals surface area (Å²) in [6.07, 6.45) is 3.53. The van der Waals surface area contributed by atoms with Crippen molar-refractivity contribution in [3.63, 3.8) is 0 Å². The molecule has 0 radical (unpaired) electrons. The number of hydrogen-bond donors (Lipinski definition) is 2. The van der Waals surface area contributed by atoms with Crippen molar-refractivity contribution < 1.29 is 4.42 Å². The second-order valence-corrected chi connectivity index (χ2v) is 5.32. The molecule has 2 rings (SSSR count). The lowest BCUT2D eigenvalue weighted by Gasteiger charge is -2.11. The van der Waals surface area contributed by atoms with Gasteiger partial charge in [-0.2, -0.15) is 0 Å². The predicted molar refractivity (Wildman–Crippen MR) is 86.2 cm³/mol. The van der Waals surface area contributed by atoms with Crippen LogP contribution in [0.1, 0.15) is 31.9 Å². The zero-order valence-electron chi connectivity index (χ0n) is 12.0. The Morgan fingerprint density at radius 3 is 2.48 bits per heavy atom. The number of hydrogen-bond acceptors (Lipinski definition) is 5. The normalized spacial score (nSPS) is 10.7. The third-order valence-electron chi connectivity index (χ3n) is 2.83. The van der Waals surface area contributed by atoms with Crippen molar-refractivity contribution in [3.05, 3.63) is 34.0 Å². The summed E-state index contributed by atoms with van der Waals surface area (Å²) in [5, 5.41) is 7.24. The molecule has 0 amide bonds. The molecule has 0 unspecified atom stereocenters. The fourth-order valence-electron chi connectivity index (χ4n) is 1.71. The molecule has 0 fully saturated rings. The van der Waals surface area contributed by atoms with Crippen LogP contribution in [-0.4, -0.2) is 16.5 Å². The molecule has 114 valence electrons. The number of nitrogens with zero attached hydrogens (tertiary/aromatic N) is 2. The Labute approximate surface area is 134 Å². The lowest BCUT2D eigenvalue weighted by molar-refractivity contribution is 0.465. The summed E-state index contributed by atoms with van der Waals surface area (Å²) in [6.45, 7) is 5.31. The van der Waals surface area contributed by atoms with Crippen molar-refractivity contribution in [2.24, 2.45) is 0 Å². The predicted octanol–water partition coefficient (Wildman–Crippen LogP) is 4.37. The first-order valence-corrected chi connectivity index (χ1v) is 7.67. The van der Waals surface area contributed by atoms with Crippen LogP contribution in [-0.2, 0) is 13.0 Å². The first-order chi connectivity index (χ1) is 10.1. The minimum atomic E-state index is 0.418. The maximum atomic E-state index is 6.15. The van der Waals surface area contributed by atoms with Crippen LogP contribution in [0.4, 0.5) is 11.6 Å². The summed E-state index contributed by atoms with van der Waals surface area (Å²) < 4.78 is 5.53. The number of aryl methyl sites for hydroxylation is 1. The Morgan fingerprint density at radius 2 is 1.86 bits per heavy atom. The Morgan fingerprint density at radius 1 is 1.14 bits per heavy atom. The summed E-state index contributed by atoms with van der Waals surface area (Å²) >= 11 is 12.3. The van der Waals surface area contributed by atoms with Crippen molar-refractivity contribution in [2.45, 2.75) is 33.2 Å². The molecule has 2 aromatic rings. The van der Waals surface area contributed by atoms with E-state index in [-0.39, 0.29) is 0 Å². The van der Waals surface area contributed by atoms with E-state index in [4.69, 9.17) is 27.6 Å². The smallest absolute Gasteiger partial charge is 0.213 e. The fourth-order valence-corrected chi connectivity index (χ4v) is 2.20. The largest absolute Gasteiger partial charge is 0.444 e. The first kappa shape index (κ1) is 15.9. The highest BCUT2D eigenvalue weighted by atomic mass is 35.5. The average molecular weight is 329 g/mol. The van der Waals surface area contributed by atoms with E-state index in [1.165, 1.54) is 0 Å². The van der Waals surface area contributed by atoms with Gasteiger partial charge in [-0.25, -0.2) is 9.97 Å². The molecule has 0 saturated carbocycles. The molecule has 0 aliphatic rings. The van der Waals surface area contributed by atoms with E-state index in [9.17, 15) is 0 Å². The van der Waals surface area contributed by atoms with Crippen molar-refractivity contribution in [1.82, 2.24) is 9.97 Å².